The number of ether oxygens (including phenoxy) is 1. The number of carbonyl (C=O) groups excluding carboxylic acids is 1. The number of hydrogen-bond acceptors (Lipinski definition) is 3. The largest absolute Gasteiger partial charge is 0.394 e. The van der Waals surface area contributed by atoms with Crippen LogP contribution in [0.1, 0.15) is 6.92 Å². The van der Waals surface area contributed by atoms with Gasteiger partial charge in [0.05, 0.1) is 19.3 Å². The van der Waals surface area contributed by atoms with E-state index in [9.17, 15) is 4.79 Å². The van der Waals surface area contributed by atoms with Crippen LogP contribution in [0.2, 0.25) is 0 Å². The van der Waals surface area contributed by atoms with Crippen LogP contribution in [0.4, 0.5) is 0 Å². The maximum atomic E-state index is 10.8. The minimum Gasteiger partial charge on any atom is -0.394 e. The molecule has 11 heavy (non-hydrogen) atoms. The third-order valence-electron chi connectivity index (χ3n) is 1.79. The van der Waals surface area contributed by atoms with Crippen molar-refractivity contribution in [2.75, 3.05) is 26.3 Å². The van der Waals surface area contributed by atoms with Gasteiger partial charge in [-0.2, -0.15) is 0 Å². The second kappa shape index (κ2) is 3.69. The molecule has 0 radical (unpaired) electrons. The predicted molar refractivity (Wildman–Crippen MR) is 39.1 cm³/mol. The third-order valence-corrected chi connectivity index (χ3v) is 1.79. The van der Waals surface area contributed by atoms with Crippen LogP contribution in [0.3, 0.4) is 0 Å². The van der Waals surface area contributed by atoms with E-state index in [2.05, 4.69) is 0 Å². The Labute approximate surface area is 65.8 Å². The highest BCUT2D eigenvalue weighted by Crippen LogP contribution is 2.03. The smallest absolute Gasteiger partial charge is 0.219 e. The zero-order valence-electron chi connectivity index (χ0n) is 6.62. The molecule has 1 fully saturated rings. The molecule has 64 valence electrons. The topological polar surface area (TPSA) is 49.8 Å². The molecular formula is C7H13NO3. The van der Waals surface area contributed by atoms with Gasteiger partial charge in [0.15, 0.2) is 0 Å². The maximum absolute atomic E-state index is 10.8. The van der Waals surface area contributed by atoms with E-state index in [-0.39, 0.29) is 18.6 Å². The quantitative estimate of drug-likeness (QED) is 0.546. The Morgan fingerprint density at radius 3 is 3.09 bits per heavy atom. The molecule has 0 aromatic rings. The molecule has 0 aromatic carbocycles. The van der Waals surface area contributed by atoms with Gasteiger partial charge in [-0.05, 0) is 0 Å². The van der Waals surface area contributed by atoms with Crippen molar-refractivity contribution in [1.29, 1.82) is 0 Å². The molecule has 0 saturated carbocycles. The second-order valence-electron chi connectivity index (χ2n) is 2.64. The Balaban J connectivity index is 2.39. The van der Waals surface area contributed by atoms with Gasteiger partial charge in [0, 0.05) is 20.0 Å². The molecule has 1 saturated heterocycles. The van der Waals surface area contributed by atoms with Gasteiger partial charge < -0.3 is 14.7 Å². The Morgan fingerprint density at radius 2 is 2.55 bits per heavy atom. The molecule has 0 bridgehead atoms. The standard InChI is InChI=1S/C7H13NO3/c1-6(10)8-2-3-11-7(4-8)5-9/h7,9H,2-5H2,1H3/t7-/m0/s1. The first-order valence-corrected chi connectivity index (χ1v) is 3.72. The van der Waals surface area contributed by atoms with Gasteiger partial charge in [0.25, 0.3) is 0 Å². The lowest BCUT2D eigenvalue weighted by Gasteiger charge is -2.31. The van der Waals surface area contributed by atoms with Crippen LogP contribution in [-0.4, -0.2) is 48.3 Å². The third kappa shape index (κ3) is 2.17. The van der Waals surface area contributed by atoms with Crippen LogP contribution in [0.25, 0.3) is 0 Å². The summed E-state index contributed by atoms with van der Waals surface area (Å²) in [4.78, 5) is 12.5. The SMILES string of the molecule is CC(=O)N1CCO[C@H](CO)C1. The van der Waals surface area contributed by atoms with Gasteiger partial charge in [-0.15, -0.1) is 0 Å². The number of hydrogen-bond donors (Lipinski definition) is 1. The summed E-state index contributed by atoms with van der Waals surface area (Å²) in [6.45, 7) is 3.21. The zero-order valence-corrected chi connectivity index (χ0v) is 6.62. The lowest BCUT2D eigenvalue weighted by Crippen LogP contribution is -2.46. The van der Waals surface area contributed by atoms with Gasteiger partial charge in [-0.3, -0.25) is 4.79 Å². The zero-order chi connectivity index (χ0) is 8.27. The molecule has 1 rings (SSSR count). The van der Waals surface area contributed by atoms with Crippen molar-refractivity contribution in [2.45, 2.75) is 13.0 Å². The first-order chi connectivity index (χ1) is 5.24. The summed E-state index contributed by atoms with van der Waals surface area (Å²) in [5, 5.41) is 8.73. The van der Waals surface area contributed by atoms with Crippen molar-refractivity contribution >= 4 is 5.91 Å². The highest BCUT2D eigenvalue weighted by Gasteiger charge is 2.20. The van der Waals surface area contributed by atoms with E-state index in [0.717, 1.165) is 0 Å². The normalized spacial score (nSPS) is 25.3. The number of rotatable bonds is 1. The highest BCUT2D eigenvalue weighted by atomic mass is 16.5. The fourth-order valence-corrected chi connectivity index (χ4v) is 1.12. The molecule has 1 aliphatic rings. The number of aliphatic hydroxyl groups excluding tert-OH is 1. The first kappa shape index (κ1) is 8.49. The van der Waals surface area contributed by atoms with Crippen LogP contribution < -0.4 is 0 Å². The van der Waals surface area contributed by atoms with E-state index in [0.29, 0.717) is 19.7 Å². The molecule has 4 heteroatoms. The molecule has 1 aliphatic heterocycles. The highest BCUT2D eigenvalue weighted by molar-refractivity contribution is 5.73. The minimum atomic E-state index is -0.187. The van der Waals surface area contributed by atoms with Crippen LogP contribution in [0.5, 0.6) is 0 Å². The molecule has 0 aromatic heterocycles. The second-order valence-corrected chi connectivity index (χ2v) is 2.64. The maximum Gasteiger partial charge on any atom is 0.219 e. The summed E-state index contributed by atoms with van der Waals surface area (Å²) in [6.07, 6.45) is -0.187. The monoisotopic (exact) mass is 159 g/mol. The summed E-state index contributed by atoms with van der Waals surface area (Å²) in [6, 6.07) is 0. The molecule has 1 N–H and O–H groups in total. The average molecular weight is 159 g/mol. The fourth-order valence-electron chi connectivity index (χ4n) is 1.12. The van der Waals surface area contributed by atoms with Gasteiger partial charge in [-0.25, -0.2) is 0 Å². The summed E-state index contributed by atoms with van der Waals surface area (Å²) < 4.78 is 5.16. The van der Waals surface area contributed by atoms with Crippen molar-refractivity contribution in [3.8, 4) is 0 Å². The van der Waals surface area contributed by atoms with E-state index < -0.39 is 0 Å². The molecule has 1 amide bonds. The van der Waals surface area contributed by atoms with Crippen molar-refractivity contribution in [1.82, 2.24) is 4.90 Å². The minimum absolute atomic E-state index is 0.0101. The first-order valence-electron chi connectivity index (χ1n) is 3.72. The van der Waals surface area contributed by atoms with Gasteiger partial charge in [0.2, 0.25) is 5.91 Å². The summed E-state index contributed by atoms with van der Waals surface area (Å²) >= 11 is 0. The van der Waals surface area contributed by atoms with Gasteiger partial charge in [-0.1, -0.05) is 0 Å². The van der Waals surface area contributed by atoms with E-state index in [1.807, 2.05) is 0 Å². The van der Waals surface area contributed by atoms with E-state index >= 15 is 0 Å². The summed E-state index contributed by atoms with van der Waals surface area (Å²) in [5.41, 5.74) is 0. The van der Waals surface area contributed by atoms with Crippen molar-refractivity contribution in [2.24, 2.45) is 0 Å². The molecule has 1 atom stereocenters. The number of morpholine rings is 1. The predicted octanol–water partition coefficient (Wildman–Crippen LogP) is -0.774. The van der Waals surface area contributed by atoms with Crippen LogP contribution in [-0.2, 0) is 9.53 Å². The number of amides is 1. The van der Waals surface area contributed by atoms with Crippen molar-refractivity contribution in [3.05, 3.63) is 0 Å². The van der Waals surface area contributed by atoms with Crippen LogP contribution in [0.15, 0.2) is 0 Å². The number of carbonyl (C=O) groups is 1. The molecule has 4 nitrogen and oxygen atoms in total. The summed E-state index contributed by atoms with van der Waals surface area (Å²) in [7, 11) is 0. The molecule has 0 spiro atoms. The van der Waals surface area contributed by atoms with E-state index in [1.54, 1.807) is 4.90 Å². The van der Waals surface area contributed by atoms with E-state index in [4.69, 9.17) is 9.84 Å². The van der Waals surface area contributed by atoms with E-state index in [1.165, 1.54) is 6.92 Å². The Bertz CT molecular complexity index is 149. The average Bonchev–Trinajstić information content (AvgIpc) is 2.05. The van der Waals surface area contributed by atoms with Crippen LogP contribution in [0, 0.1) is 0 Å². The number of nitrogens with zero attached hydrogens (tertiary/aromatic N) is 1. The molecule has 0 aliphatic carbocycles. The Hall–Kier alpha value is -0.610. The Morgan fingerprint density at radius 1 is 1.82 bits per heavy atom. The van der Waals surface area contributed by atoms with Crippen LogP contribution >= 0.6 is 0 Å². The summed E-state index contributed by atoms with van der Waals surface area (Å²) in [5.74, 6) is 0.0479. The Kier molecular flexibility index (Phi) is 2.84. The molecular weight excluding hydrogens is 146 g/mol. The lowest BCUT2D eigenvalue weighted by atomic mass is 10.3. The van der Waals surface area contributed by atoms with Crippen molar-refractivity contribution in [3.63, 3.8) is 0 Å². The van der Waals surface area contributed by atoms with Gasteiger partial charge >= 0.3 is 0 Å². The van der Waals surface area contributed by atoms with Crippen molar-refractivity contribution < 1.29 is 14.6 Å². The van der Waals surface area contributed by atoms with Gasteiger partial charge in [0.1, 0.15) is 0 Å². The molecule has 0 unspecified atom stereocenters. The number of aliphatic hydroxyl groups is 1. The fraction of sp³-hybridized carbons (Fsp3) is 0.857. The lowest BCUT2D eigenvalue weighted by molar-refractivity contribution is -0.137. The molecule has 1 heterocycles.